The van der Waals surface area contributed by atoms with E-state index in [2.05, 4.69) is 22.9 Å². The molecule has 2 heteroatoms. The van der Waals surface area contributed by atoms with Crippen molar-refractivity contribution in [3.8, 4) is 0 Å². The van der Waals surface area contributed by atoms with Crippen LogP contribution in [0.5, 0.6) is 0 Å². The summed E-state index contributed by atoms with van der Waals surface area (Å²) in [5.41, 5.74) is 2.44. The van der Waals surface area contributed by atoms with Crippen LogP contribution in [0, 0.1) is 0 Å². The van der Waals surface area contributed by atoms with E-state index in [1.807, 2.05) is 12.1 Å². The number of aliphatic hydroxyl groups is 1. The Balaban J connectivity index is 2.50. The normalized spacial score (nSPS) is 21.8. The van der Waals surface area contributed by atoms with Gasteiger partial charge in [-0.15, -0.1) is 0 Å². The number of hydrogen-bond donors (Lipinski definition) is 1. The molecule has 1 aliphatic carbocycles. The number of fused-ring (bicyclic) bond motifs is 1. The minimum absolute atomic E-state index is 0.210. The minimum atomic E-state index is -0.210. The number of aryl methyl sites for hydroxylation is 1. The van der Waals surface area contributed by atoms with Crippen LogP contribution in [-0.2, 0) is 6.42 Å². The van der Waals surface area contributed by atoms with Crippen LogP contribution in [-0.4, -0.2) is 22.0 Å². The number of hydrogen-bond acceptors (Lipinski definition) is 1. The molecule has 1 atom stereocenters. The second kappa shape index (κ2) is 2.65. The molecule has 0 bridgehead atoms. The predicted molar refractivity (Wildman–Crippen MR) is 45.1 cm³/mol. The van der Waals surface area contributed by atoms with E-state index in [4.69, 9.17) is 0 Å². The van der Waals surface area contributed by atoms with E-state index in [-0.39, 0.29) is 6.10 Å². The van der Waals surface area contributed by atoms with Crippen LogP contribution in [0.15, 0.2) is 18.2 Å². The van der Waals surface area contributed by atoms with E-state index in [0.29, 0.717) is 0 Å². The zero-order valence-corrected chi connectivity index (χ0v) is 7.99. The van der Waals surface area contributed by atoms with Gasteiger partial charge in [0.1, 0.15) is 0 Å². The molecule has 2 rings (SSSR count). The average Bonchev–Trinajstić information content (AvgIpc) is 2.32. The van der Waals surface area contributed by atoms with E-state index in [1.165, 1.54) is 9.91 Å². The van der Waals surface area contributed by atoms with Crippen molar-refractivity contribution in [3.63, 3.8) is 0 Å². The topological polar surface area (TPSA) is 20.2 Å². The molecule has 0 aliphatic heterocycles. The Labute approximate surface area is 74.9 Å². The summed E-state index contributed by atoms with van der Waals surface area (Å²) in [5, 5.41) is 9.47. The summed E-state index contributed by atoms with van der Waals surface area (Å²) in [6.45, 7) is 0. The van der Waals surface area contributed by atoms with E-state index in [9.17, 15) is 5.11 Å². The molecule has 2 radical (unpaired) electrons. The molecule has 1 aromatic carbocycles. The van der Waals surface area contributed by atoms with Crippen LogP contribution >= 0.6 is 0 Å². The Bertz CT molecular complexity index is 283. The van der Waals surface area contributed by atoms with Crippen molar-refractivity contribution in [3.05, 3.63) is 29.3 Å². The van der Waals surface area contributed by atoms with Crippen LogP contribution in [0.1, 0.15) is 23.7 Å². The first kappa shape index (κ1) is 7.39. The van der Waals surface area contributed by atoms with Crippen molar-refractivity contribution in [1.29, 1.82) is 0 Å². The molecule has 1 aromatic rings. The summed E-state index contributed by atoms with van der Waals surface area (Å²) in [4.78, 5) is 0. The monoisotopic (exact) mass is 208 g/mol. The van der Waals surface area contributed by atoms with Gasteiger partial charge in [-0.05, 0) is 0 Å². The third-order valence-corrected chi connectivity index (χ3v) is 2.76. The molecule has 1 nitrogen and oxygen atoms in total. The zero-order valence-electron chi connectivity index (χ0n) is 6.12. The maximum atomic E-state index is 9.47. The molecule has 0 aromatic heterocycles. The van der Waals surface area contributed by atoms with Gasteiger partial charge in [0.15, 0.2) is 0 Å². The third-order valence-electron chi connectivity index (χ3n) is 2.17. The van der Waals surface area contributed by atoms with Gasteiger partial charge in [-0.2, -0.15) is 0 Å². The van der Waals surface area contributed by atoms with Crippen LogP contribution in [0.2, 0.25) is 0 Å². The Morgan fingerprint density at radius 1 is 1.45 bits per heavy atom. The number of benzene rings is 1. The molecule has 0 fully saturated rings. The van der Waals surface area contributed by atoms with Crippen molar-refractivity contribution in [1.82, 2.24) is 0 Å². The second-order valence-electron chi connectivity index (χ2n) is 2.94. The van der Waals surface area contributed by atoms with E-state index in [1.54, 1.807) is 0 Å². The number of aliphatic hydroxyl groups excluding tert-OH is 1. The van der Waals surface area contributed by atoms with Crippen molar-refractivity contribution in [2.24, 2.45) is 0 Å². The quantitative estimate of drug-likeness (QED) is 0.614. The second-order valence-corrected chi connectivity index (χ2v) is 4.02. The van der Waals surface area contributed by atoms with Gasteiger partial charge in [0.25, 0.3) is 0 Å². The first-order valence-electron chi connectivity index (χ1n) is 3.77. The standard InChI is InChI=1S/C9H9AsO/c10-7-2-3-8-6(5-7)1-4-9(8)11/h2-3,5,9,11H,1,4H2. The van der Waals surface area contributed by atoms with Gasteiger partial charge in [-0.25, -0.2) is 0 Å². The summed E-state index contributed by atoms with van der Waals surface area (Å²) >= 11 is 2.53. The molecule has 0 saturated carbocycles. The molecule has 0 spiro atoms. The summed E-state index contributed by atoms with van der Waals surface area (Å²) in [7, 11) is 0. The van der Waals surface area contributed by atoms with E-state index in [0.717, 1.165) is 18.4 Å². The zero-order chi connectivity index (χ0) is 7.84. The van der Waals surface area contributed by atoms with E-state index >= 15 is 0 Å². The molecule has 0 amide bonds. The van der Waals surface area contributed by atoms with Crippen LogP contribution in [0.4, 0.5) is 0 Å². The maximum absolute atomic E-state index is 9.47. The fraction of sp³-hybridized carbons (Fsp3) is 0.333. The van der Waals surface area contributed by atoms with Gasteiger partial charge in [0.2, 0.25) is 0 Å². The molecular formula is C9H9AsO. The molecule has 1 unspecified atom stereocenters. The summed E-state index contributed by atoms with van der Waals surface area (Å²) < 4.78 is 1.23. The summed E-state index contributed by atoms with van der Waals surface area (Å²) in [5.74, 6) is 0. The Kier molecular flexibility index (Phi) is 1.78. The van der Waals surface area contributed by atoms with Crippen LogP contribution in [0.3, 0.4) is 0 Å². The average molecular weight is 208 g/mol. The molecule has 1 N–H and O–H groups in total. The summed E-state index contributed by atoms with van der Waals surface area (Å²) in [6.07, 6.45) is 1.71. The third kappa shape index (κ3) is 1.23. The van der Waals surface area contributed by atoms with Gasteiger partial charge in [-0.1, -0.05) is 0 Å². The van der Waals surface area contributed by atoms with E-state index < -0.39 is 0 Å². The van der Waals surface area contributed by atoms with Gasteiger partial charge in [0.05, 0.1) is 0 Å². The summed E-state index contributed by atoms with van der Waals surface area (Å²) in [6, 6.07) is 6.21. The molecule has 1 aliphatic rings. The molecule has 11 heavy (non-hydrogen) atoms. The Morgan fingerprint density at radius 3 is 3.09 bits per heavy atom. The molecule has 0 heterocycles. The van der Waals surface area contributed by atoms with Gasteiger partial charge in [-0.3, -0.25) is 0 Å². The Morgan fingerprint density at radius 2 is 2.27 bits per heavy atom. The van der Waals surface area contributed by atoms with Crippen molar-refractivity contribution in [2.75, 3.05) is 0 Å². The Hall–Kier alpha value is -0.262. The van der Waals surface area contributed by atoms with Crippen LogP contribution in [0.25, 0.3) is 0 Å². The predicted octanol–water partition coefficient (Wildman–Crippen LogP) is 0.460. The van der Waals surface area contributed by atoms with Gasteiger partial charge >= 0.3 is 74.6 Å². The molecular weight excluding hydrogens is 199 g/mol. The molecule has 0 saturated heterocycles. The van der Waals surface area contributed by atoms with Gasteiger partial charge in [0, 0.05) is 0 Å². The van der Waals surface area contributed by atoms with Crippen molar-refractivity contribution >= 4 is 21.2 Å². The van der Waals surface area contributed by atoms with Crippen molar-refractivity contribution < 1.29 is 5.11 Å². The first-order chi connectivity index (χ1) is 5.27. The fourth-order valence-electron chi connectivity index (χ4n) is 1.58. The van der Waals surface area contributed by atoms with Crippen LogP contribution < -0.4 is 4.35 Å². The fourth-order valence-corrected chi connectivity index (χ4v) is 2.06. The van der Waals surface area contributed by atoms with Crippen molar-refractivity contribution in [2.45, 2.75) is 18.9 Å². The SMILES string of the molecule is OC1CCc2cc([As])ccc21. The number of rotatable bonds is 0. The molecule has 56 valence electrons. The van der Waals surface area contributed by atoms with Gasteiger partial charge < -0.3 is 0 Å². The first-order valence-corrected chi connectivity index (χ1v) is 4.71.